The summed E-state index contributed by atoms with van der Waals surface area (Å²) in [5.74, 6) is 0. The summed E-state index contributed by atoms with van der Waals surface area (Å²) in [6, 6.07) is 9.64. The zero-order valence-corrected chi connectivity index (χ0v) is 12.9. The molecule has 1 heterocycles. The monoisotopic (exact) mass is 273 g/mol. The smallest absolute Gasteiger partial charge is 0.0108 e. The molecule has 0 aliphatic rings. The summed E-state index contributed by atoms with van der Waals surface area (Å²) in [5.41, 5.74) is 5.64. The Kier molecular flexibility index (Phi) is 5.17. The molecular formula is C17H23NS. The number of thiophene rings is 1. The number of nitrogens with one attached hydrogen (secondary N) is 1. The largest absolute Gasteiger partial charge is 0.317 e. The molecule has 1 aromatic heterocycles. The summed E-state index contributed by atoms with van der Waals surface area (Å²) in [6.07, 6.45) is 3.48. The Morgan fingerprint density at radius 2 is 1.84 bits per heavy atom. The molecule has 2 rings (SSSR count). The highest BCUT2D eigenvalue weighted by Crippen LogP contribution is 2.14. The predicted octanol–water partition coefficient (Wildman–Crippen LogP) is 4.13. The van der Waals surface area contributed by atoms with Gasteiger partial charge in [0.15, 0.2) is 0 Å². The lowest BCUT2D eigenvalue weighted by molar-refractivity contribution is 0.520. The molecule has 1 unspecified atom stereocenters. The van der Waals surface area contributed by atoms with Gasteiger partial charge in [-0.05, 0) is 68.1 Å². The Morgan fingerprint density at radius 1 is 1.11 bits per heavy atom. The van der Waals surface area contributed by atoms with E-state index in [2.05, 4.69) is 61.2 Å². The van der Waals surface area contributed by atoms with Gasteiger partial charge in [0.25, 0.3) is 0 Å². The van der Waals surface area contributed by atoms with E-state index in [0.29, 0.717) is 6.04 Å². The fourth-order valence-electron chi connectivity index (χ4n) is 2.60. The maximum absolute atomic E-state index is 3.46. The third-order valence-corrected chi connectivity index (χ3v) is 4.27. The van der Waals surface area contributed by atoms with E-state index >= 15 is 0 Å². The van der Waals surface area contributed by atoms with E-state index in [1.165, 1.54) is 35.1 Å². The summed E-state index contributed by atoms with van der Waals surface area (Å²) in [7, 11) is 2.07. The number of rotatable bonds is 6. The topological polar surface area (TPSA) is 12.0 Å². The number of benzene rings is 1. The summed E-state index contributed by atoms with van der Waals surface area (Å²) >= 11 is 1.79. The summed E-state index contributed by atoms with van der Waals surface area (Å²) in [6.45, 7) is 4.35. The Hall–Kier alpha value is -1.12. The number of aryl methyl sites for hydroxylation is 3. The van der Waals surface area contributed by atoms with Crippen molar-refractivity contribution < 1.29 is 0 Å². The van der Waals surface area contributed by atoms with Gasteiger partial charge in [0.1, 0.15) is 0 Å². The van der Waals surface area contributed by atoms with Gasteiger partial charge >= 0.3 is 0 Å². The molecule has 1 nitrogen and oxygen atoms in total. The van der Waals surface area contributed by atoms with Crippen LogP contribution in [0.3, 0.4) is 0 Å². The third kappa shape index (κ3) is 4.48. The molecule has 0 bridgehead atoms. The molecule has 0 radical (unpaired) electrons. The van der Waals surface area contributed by atoms with Crippen molar-refractivity contribution in [2.24, 2.45) is 0 Å². The van der Waals surface area contributed by atoms with E-state index in [0.717, 1.165) is 6.42 Å². The highest BCUT2D eigenvalue weighted by atomic mass is 32.1. The predicted molar refractivity (Wildman–Crippen MR) is 85.1 cm³/mol. The molecule has 2 aromatic rings. The first kappa shape index (κ1) is 14.3. The van der Waals surface area contributed by atoms with Gasteiger partial charge in [-0.1, -0.05) is 29.3 Å². The van der Waals surface area contributed by atoms with Crippen molar-refractivity contribution in [3.05, 3.63) is 57.3 Å². The van der Waals surface area contributed by atoms with E-state index in [4.69, 9.17) is 0 Å². The van der Waals surface area contributed by atoms with Crippen molar-refractivity contribution in [3.8, 4) is 0 Å². The average Bonchev–Trinajstić information content (AvgIpc) is 2.86. The molecule has 0 aliphatic heterocycles. The van der Waals surface area contributed by atoms with Gasteiger partial charge in [-0.3, -0.25) is 0 Å². The van der Waals surface area contributed by atoms with Gasteiger partial charge < -0.3 is 5.32 Å². The van der Waals surface area contributed by atoms with Crippen molar-refractivity contribution in [2.75, 3.05) is 7.05 Å². The quantitative estimate of drug-likeness (QED) is 0.834. The highest BCUT2D eigenvalue weighted by Gasteiger charge is 2.08. The molecule has 0 amide bonds. The minimum Gasteiger partial charge on any atom is -0.317 e. The van der Waals surface area contributed by atoms with Crippen LogP contribution < -0.4 is 5.32 Å². The van der Waals surface area contributed by atoms with E-state index in [1.54, 1.807) is 11.3 Å². The van der Waals surface area contributed by atoms with Gasteiger partial charge in [0, 0.05) is 6.04 Å². The minimum atomic E-state index is 0.557. The standard InChI is InChI=1S/C17H23NS/c1-13-8-14(2)10-16(9-13)11-17(18-3)5-4-15-6-7-19-12-15/h6-10,12,17-18H,4-5,11H2,1-3H3. The minimum absolute atomic E-state index is 0.557. The van der Waals surface area contributed by atoms with E-state index in [9.17, 15) is 0 Å². The fourth-order valence-corrected chi connectivity index (χ4v) is 3.30. The second-order valence-corrected chi connectivity index (χ2v) is 6.14. The molecule has 1 aromatic carbocycles. The van der Waals surface area contributed by atoms with Crippen LogP contribution in [0.25, 0.3) is 0 Å². The lowest BCUT2D eigenvalue weighted by Gasteiger charge is -2.16. The van der Waals surface area contributed by atoms with E-state index in [-0.39, 0.29) is 0 Å². The van der Waals surface area contributed by atoms with Crippen LogP contribution in [0.2, 0.25) is 0 Å². The zero-order chi connectivity index (χ0) is 13.7. The van der Waals surface area contributed by atoms with Crippen LogP contribution in [0, 0.1) is 13.8 Å². The molecule has 0 spiro atoms. The SMILES string of the molecule is CNC(CCc1ccsc1)Cc1cc(C)cc(C)c1. The first-order valence-corrected chi connectivity index (χ1v) is 7.87. The Bertz CT molecular complexity index is 482. The molecule has 0 saturated carbocycles. The lowest BCUT2D eigenvalue weighted by Crippen LogP contribution is -2.28. The van der Waals surface area contributed by atoms with Crippen molar-refractivity contribution in [1.29, 1.82) is 0 Å². The van der Waals surface area contributed by atoms with Crippen LogP contribution in [0.1, 0.15) is 28.7 Å². The zero-order valence-electron chi connectivity index (χ0n) is 12.1. The number of hydrogen-bond acceptors (Lipinski definition) is 2. The molecule has 0 aliphatic carbocycles. The molecule has 102 valence electrons. The summed E-state index contributed by atoms with van der Waals surface area (Å²) in [4.78, 5) is 0. The number of likely N-dealkylation sites (N-methyl/N-ethyl adjacent to an activating group) is 1. The summed E-state index contributed by atoms with van der Waals surface area (Å²) < 4.78 is 0. The van der Waals surface area contributed by atoms with Crippen LogP contribution in [0.4, 0.5) is 0 Å². The Morgan fingerprint density at radius 3 is 2.42 bits per heavy atom. The van der Waals surface area contributed by atoms with Gasteiger partial charge in [0.2, 0.25) is 0 Å². The maximum Gasteiger partial charge on any atom is 0.0108 e. The van der Waals surface area contributed by atoms with Crippen LogP contribution in [0.5, 0.6) is 0 Å². The first-order valence-electron chi connectivity index (χ1n) is 6.93. The van der Waals surface area contributed by atoms with Gasteiger partial charge in [-0.2, -0.15) is 11.3 Å². The highest BCUT2D eigenvalue weighted by molar-refractivity contribution is 7.07. The van der Waals surface area contributed by atoms with Gasteiger partial charge in [-0.15, -0.1) is 0 Å². The molecule has 2 heteroatoms. The molecule has 0 saturated heterocycles. The van der Waals surface area contributed by atoms with Crippen LogP contribution >= 0.6 is 11.3 Å². The first-order chi connectivity index (χ1) is 9.17. The normalized spacial score (nSPS) is 12.6. The maximum atomic E-state index is 3.46. The molecular weight excluding hydrogens is 250 g/mol. The van der Waals surface area contributed by atoms with Crippen molar-refractivity contribution in [2.45, 2.75) is 39.2 Å². The van der Waals surface area contributed by atoms with E-state index < -0.39 is 0 Å². The molecule has 19 heavy (non-hydrogen) atoms. The second-order valence-electron chi connectivity index (χ2n) is 5.36. The number of hydrogen-bond donors (Lipinski definition) is 1. The Balaban J connectivity index is 1.94. The van der Waals surface area contributed by atoms with Crippen molar-refractivity contribution in [3.63, 3.8) is 0 Å². The van der Waals surface area contributed by atoms with Crippen LogP contribution in [-0.2, 0) is 12.8 Å². The van der Waals surface area contributed by atoms with Crippen molar-refractivity contribution >= 4 is 11.3 Å². The third-order valence-electron chi connectivity index (χ3n) is 3.53. The fraction of sp³-hybridized carbons (Fsp3) is 0.412. The van der Waals surface area contributed by atoms with Crippen LogP contribution in [-0.4, -0.2) is 13.1 Å². The molecule has 0 fully saturated rings. The second kappa shape index (κ2) is 6.88. The van der Waals surface area contributed by atoms with Crippen molar-refractivity contribution in [1.82, 2.24) is 5.32 Å². The Labute approximate surface area is 120 Å². The van der Waals surface area contributed by atoms with Gasteiger partial charge in [0.05, 0.1) is 0 Å². The average molecular weight is 273 g/mol. The summed E-state index contributed by atoms with van der Waals surface area (Å²) in [5, 5.41) is 7.87. The van der Waals surface area contributed by atoms with Crippen LogP contribution in [0.15, 0.2) is 35.0 Å². The lowest BCUT2D eigenvalue weighted by atomic mass is 9.97. The van der Waals surface area contributed by atoms with Gasteiger partial charge in [-0.25, -0.2) is 0 Å². The molecule has 1 atom stereocenters. The van der Waals surface area contributed by atoms with E-state index in [1.807, 2.05) is 0 Å². The molecule has 1 N–H and O–H groups in total.